The Morgan fingerprint density at radius 3 is 2.77 bits per heavy atom. The first-order valence-electron chi connectivity index (χ1n) is 7.60. The third kappa shape index (κ3) is 2.70. The van der Waals surface area contributed by atoms with Crippen molar-refractivity contribution in [2.24, 2.45) is 17.3 Å². The zero-order chi connectivity index (χ0) is 15.9. The van der Waals surface area contributed by atoms with Gasteiger partial charge in [-0.3, -0.25) is 4.79 Å². The highest BCUT2D eigenvalue weighted by Crippen LogP contribution is 2.59. The van der Waals surface area contributed by atoms with Crippen molar-refractivity contribution >= 4 is 5.97 Å². The second-order valence-corrected chi connectivity index (χ2v) is 6.86. The Morgan fingerprint density at radius 1 is 1.32 bits per heavy atom. The van der Waals surface area contributed by atoms with Gasteiger partial charge >= 0.3 is 5.97 Å². The molecule has 1 saturated carbocycles. The molecule has 1 aromatic carbocycles. The summed E-state index contributed by atoms with van der Waals surface area (Å²) in [5.74, 6) is 1.56. The van der Waals surface area contributed by atoms with E-state index in [2.05, 4.69) is 33.8 Å². The summed E-state index contributed by atoms with van der Waals surface area (Å²) in [6.45, 7) is 8.86. The lowest BCUT2D eigenvalue weighted by Crippen LogP contribution is -2.10. The number of hydrogen-bond acceptors (Lipinski definition) is 4. The Morgan fingerprint density at radius 2 is 2.05 bits per heavy atom. The van der Waals surface area contributed by atoms with Crippen LogP contribution < -0.4 is 9.47 Å². The highest BCUT2D eigenvalue weighted by molar-refractivity contribution is 5.78. The number of carbonyl (C=O) groups excluding carboxylic acids is 1. The second-order valence-electron chi connectivity index (χ2n) is 6.86. The monoisotopic (exact) mass is 302 g/mol. The normalized spacial score (nSPS) is 23.8. The Kier molecular flexibility index (Phi) is 3.63. The van der Waals surface area contributed by atoms with Crippen LogP contribution >= 0.6 is 0 Å². The maximum absolute atomic E-state index is 12.3. The van der Waals surface area contributed by atoms with E-state index in [1.54, 1.807) is 0 Å². The van der Waals surface area contributed by atoms with Crippen LogP contribution in [0, 0.1) is 17.3 Å². The number of hydrogen-bond donors (Lipinski definition) is 0. The minimum atomic E-state index is -0.120. The van der Waals surface area contributed by atoms with Crippen LogP contribution in [0.5, 0.6) is 11.5 Å². The molecule has 118 valence electrons. The number of fused-ring (bicyclic) bond motifs is 1. The molecule has 4 nitrogen and oxygen atoms in total. The molecular weight excluding hydrogens is 280 g/mol. The lowest BCUT2D eigenvalue weighted by atomic mass is 10.1. The Hall–Kier alpha value is -1.97. The SMILES string of the molecule is CC(C)=CC1C(C(=O)OCc2ccc3c(c2)OCO3)C1(C)C. The molecule has 1 fully saturated rings. The summed E-state index contributed by atoms with van der Waals surface area (Å²) in [5, 5.41) is 0. The minimum Gasteiger partial charge on any atom is -0.461 e. The highest BCUT2D eigenvalue weighted by Gasteiger charge is 2.61. The molecule has 0 N–H and O–H groups in total. The van der Waals surface area contributed by atoms with E-state index >= 15 is 0 Å². The number of benzene rings is 1. The van der Waals surface area contributed by atoms with Gasteiger partial charge in [0.15, 0.2) is 11.5 Å². The standard InChI is InChI=1S/C18H22O4/c1-11(2)7-13-16(18(13,3)4)17(19)20-9-12-5-6-14-15(8-12)22-10-21-14/h5-8,13,16H,9-10H2,1-4H3. The average Bonchev–Trinajstić information content (AvgIpc) is 2.83. The molecule has 1 aliphatic carbocycles. The molecule has 0 bridgehead atoms. The van der Waals surface area contributed by atoms with Crippen LogP contribution in [0.1, 0.15) is 33.3 Å². The highest BCUT2D eigenvalue weighted by atomic mass is 16.7. The van der Waals surface area contributed by atoms with Crippen molar-refractivity contribution < 1.29 is 19.0 Å². The molecule has 0 radical (unpaired) electrons. The van der Waals surface area contributed by atoms with Crippen LogP contribution in [0.3, 0.4) is 0 Å². The summed E-state index contributed by atoms with van der Waals surface area (Å²) >= 11 is 0. The third-order valence-electron chi connectivity index (χ3n) is 4.50. The van der Waals surface area contributed by atoms with Crippen LogP contribution in [0.2, 0.25) is 0 Å². The van der Waals surface area contributed by atoms with E-state index < -0.39 is 0 Å². The van der Waals surface area contributed by atoms with Crippen LogP contribution in [0.25, 0.3) is 0 Å². The number of carbonyl (C=O) groups is 1. The summed E-state index contributed by atoms with van der Waals surface area (Å²) in [5.41, 5.74) is 2.14. The summed E-state index contributed by atoms with van der Waals surface area (Å²) in [6.07, 6.45) is 2.17. The molecule has 0 saturated heterocycles. The largest absolute Gasteiger partial charge is 0.461 e. The van der Waals surface area contributed by atoms with E-state index in [0.717, 1.165) is 11.3 Å². The maximum Gasteiger partial charge on any atom is 0.310 e. The fraction of sp³-hybridized carbons (Fsp3) is 0.500. The van der Waals surface area contributed by atoms with E-state index in [1.807, 2.05) is 18.2 Å². The van der Waals surface area contributed by atoms with E-state index in [4.69, 9.17) is 14.2 Å². The minimum absolute atomic E-state index is 0.0107. The average molecular weight is 302 g/mol. The van der Waals surface area contributed by atoms with Crippen LogP contribution in [-0.2, 0) is 16.1 Å². The summed E-state index contributed by atoms with van der Waals surface area (Å²) in [6, 6.07) is 5.60. The van der Waals surface area contributed by atoms with Crippen LogP contribution in [0.15, 0.2) is 29.8 Å². The van der Waals surface area contributed by atoms with Gasteiger partial charge in [-0.05, 0) is 42.9 Å². The molecule has 3 rings (SSSR count). The van der Waals surface area contributed by atoms with Gasteiger partial charge in [0.25, 0.3) is 0 Å². The Balaban J connectivity index is 1.60. The fourth-order valence-electron chi connectivity index (χ4n) is 3.07. The predicted octanol–water partition coefficient (Wildman–Crippen LogP) is 3.70. The van der Waals surface area contributed by atoms with Gasteiger partial charge in [-0.2, -0.15) is 0 Å². The van der Waals surface area contributed by atoms with E-state index in [0.29, 0.717) is 5.75 Å². The lowest BCUT2D eigenvalue weighted by molar-refractivity contribution is -0.147. The molecule has 2 atom stereocenters. The number of rotatable bonds is 4. The van der Waals surface area contributed by atoms with Gasteiger partial charge in [-0.25, -0.2) is 0 Å². The summed E-state index contributed by atoms with van der Waals surface area (Å²) in [7, 11) is 0. The molecule has 0 spiro atoms. The van der Waals surface area contributed by atoms with Gasteiger partial charge in [-0.15, -0.1) is 0 Å². The van der Waals surface area contributed by atoms with Gasteiger partial charge in [0, 0.05) is 0 Å². The van der Waals surface area contributed by atoms with Crippen molar-refractivity contribution in [2.75, 3.05) is 6.79 Å². The molecule has 2 unspecified atom stereocenters. The van der Waals surface area contributed by atoms with Gasteiger partial charge in [0.05, 0.1) is 5.92 Å². The third-order valence-corrected chi connectivity index (χ3v) is 4.50. The lowest BCUT2D eigenvalue weighted by Gasteiger charge is -2.06. The number of allylic oxidation sites excluding steroid dienone is 2. The quantitative estimate of drug-likeness (QED) is 0.628. The molecule has 4 heteroatoms. The first-order valence-corrected chi connectivity index (χ1v) is 7.60. The molecule has 0 amide bonds. The van der Waals surface area contributed by atoms with Crippen molar-refractivity contribution in [3.8, 4) is 11.5 Å². The Bertz CT molecular complexity index is 626. The zero-order valence-electron chi connectivity index (χ0n) is 13.5. The van der Waals surface area contributed by atoms with Gasteiger partial charge in [0.1, 0.15) is 6.61 Å². The van der Waals surface area contributed by atoms with Crippen molar-refractivity contribution in [2.45, 2.75) is 34.3 Å². The smallest absolute Gasteiger partial charge is 0.310 e. The number of ether oxygens (including phenoxy) is 3. The molecular formula is C18H22O4. The first-order chi connectivity index (χ1) is 10.4. The predicted molar refractivity (Wildman–Crippen MR) is 82.6 cm³/mol. The number of esters is 1. The first kappa shape index (κ1) is 14.9. The van der Waals surface area contributed by atoms with Crippen molar-refractivity contribution in [3.63, 3.8) is 0 Å². The van der Waals surface area contributed by atoms with Crippen molar-refractivity contribution in [1.82, 2.24) is 0 Å². The van der Waals surface area contributed by atoms with E-state index in [9.17, 15) is 4.79 Å². The van der Waals surface area contributed by atoms with Crippen LogP contribution in [0.4, 0.5) is 0 Å². The fourth-order valence-corrected chi connectivity index (χ4v) is 3.07. The molecule has 22 heavy (non-hydrogen) atoms. The zero-order valence-corrected chi connectivity index (χ0v) is 13.5. The van der Waals surface area contributed by atoms with Crippen molar-refractivity contribution in [3.05, 3.63) is 35.4 Å². The van der Waals surface area contributed by atoms with Gasteiger partial charge in [-0.1, -0.05) is 31.6 Å². The van der Waals surface area contributed by atoms with Crippen molar-refractivity contribution in [1.29, 1.82) is 0 Å². The molecule has 0 aromatic heterocycles. The van der Waals surface area contributed by atoms with Gasteiger partial charge < -0.3 is 14.2 Å². The van der Waals surface area contributed by atoms with Crippen LogP contribution in [-0.4, -0.2) is 12.8 Å². The molecule has 2 aliphatic rings. The molecule has 1 aromatic rings. The second kappa shape index (κ2) is 5.34. The Labute approximate surface area is 131 Å². The summed E-state index contributed by atoms with van der Waals surface area (Å²) < 4.78 is 16.1. The maximum atomic E-state index is 12.3. The molecule has 1 aliphatic heterocycles. The van der Waals surface area contributed by atoms with Gasteiger partial charge in [0.2, 0.25) is 6.79 Å². The van der Waals surface area contributed by atoms with E-state index in [-0.39, 0.29) is 36.6 Å². The summed E-state index contributed by atoms with van der Waals surface area (Å²) in [4.78, 5) is 12.3. The molecule has 1 heterocycles. The topological polar surface area (TPSA) is 44.8 Å². The van der Waals surface area contributed by atoms with E-state index in [1.165, 1.54) is 5.57 Å².